The minimum Gasteiger partial charge on any atom is -0.393 e. The van der Waals surface area contributed by atoms with Crippen molar-refractivity contribution in [2.75, 3.05) is 13.2 Å². The molecule has 1 radical (unpaired) electrons. The molecule has 0 saturated heterocycles. The summed E-state index contributed by atoms with van der Waals surface area (Å²) < 4.78 is 11.8. The van der Waals surface area contributed by atoms with Crippen LogP contribution in [0.4, 0.5) is 0 Å². The van der Waals surface area contributed by atoms with Crippen LogP contribution in [0.3, 0.4) is 0 Å². The van der Waals surface area contributed by atoms with Gasteiger partial charge < -0.3 is 8.85 Å². The summed E-state index contributed by atoms with van der Waals surface area (Å²) in [7, 11) is -1.23. The van der Waals surface area contributed by atoms with Crippen molar-refractivity contribution < 1.29 is 13.6 Å². The highest BCUT2D eigenvalue weighted by Crippen LogP contribution is 2.31. The van der Waals surface area contributed by atoms with Crippen molar-refractivity contribution in [3.8, 4) is 0 Å². The second kappa shape index (κ2) is 16.6. The summed E-state index contributed by atoms with van der Waals surface area (Å²) in [6.45, 7) is 12.1. The van der Waals surface area contributed by atoms with Crippen molar-refractivity contribution in [1.29, 1.82) is 0 Å². The molecule has 5 heteroatoms. The molecule has 24 heavy (non-hydrogen) atoms. The summed E-state index contributed by atoms with van der Waals surface area (Å²) in [5, 5.41) is 0.710. The van der Waals surface area contributed by atoms with Crippen LogP contribution in [-0.2, 0) is 13.6 Å². The van der Waals surface area contributed by atoms with Gasteiger partial charge in [0.15, 0.2) is 5.12 Å². The van der Waals surface area contributed by atoms with Gasteiger partial charge in [-0.3, -0.25) is 4.79 Å². The van der Waals surface area contributed by atoms with Gasteiger partial charge in [0.05, 0.1) is 0 Å². The van der Waals surface area contributed by atoms with E-state index in [1.54, 1.807) is 0 Å². The number of rotatable bonds is 16. The van der Waals surface area contributed by atoms with Gasteiger partial charge in [0, 0.05) is 30.4 Å². The van der Waals surface area contributed by atoms with Gasteiger partial charge in [-0.2, -0.15) is 0 Å². The molecule has 0 fully saturated rings. The third-order valence-electron chi connectivity index (χ3n) is 3.98. The fourth-order valence-electron chi connectivity index (χ4n) is 2.85. The molecule has 0 aromatic carbocycles. The van der Waals surface area contributed by atoms with E-state index in [-0.39, 0.29) is 0 Å². The average Bonchev–Trinajstić information content (AvgIpc) is 2.54. The van der Waals surface area contributed by atoms with Gasteiger partial charge in [-0.1, -0.05) is 64.6 Å². The van der Waals surface area contributed by atoms with Gasteiger partial charge in [-0.15, -0.1) is 0 Å². The maximum absolute atomic E-state index is 12.2. The van der Waals surface area contributed by atoms with Gasteiger partial charge in [-0.05, 0) is 33.1 Å². The molecular formula is C19H39O3SSi. The Hall–Kier alpha value is 0.157. The normalized spacial score (nSPS) is 14.1. The first-order valence-electron chi connectivity index (χ1n) is 9.90. The first-order chi connectivity index (χ1) is 11.6. The van der Waals surface area contributed by atoms with Crippen LogP contribution in [-0.4, -0.2) is 32.9 Å². The number of hydrogen-bond acceptors (Lipinski definition) is 4. The Bertz CT molecular complexity index is 296. The number of carbonyl (C=O) groups is 1. The minimum atomic E-state index is -1.23. The Morgan fingerprint density at radius 3 is 2.12 bits per heavy atom. The first-order valence-corrected chi connectivity index (χ1v) is 12.2. The van der Waals surface area contributed by atoms with E-state index in [0.29, 0.717) is 29.1 Å². The van der Waals surface area contributed by atoms with Crippen LogP contribution in [0.2, 0.25) is 5.54 Å². The van der Waals surface area contributed by atoms with E-state index in [1.165, 1.54) is 37.4 Å². The second-order valence-electron chi connectivity index (χ2n) is 6.37. The highest BCUT2D eigenvalue weighted by atomic mass is 32.2. The van der Waals surface area contributed by atoms with Gasteiger partial charge in [0.1, 0.15) is 0 Å². The Morgan fingerprint density at radius 1 is 0.958 bits per heavy atom. The van der Waals surface area contributed by atoms with Gasteiger partial charge in [-0.25, -0.2) is 0 Å². The first kappa shape index (κ1) is 24.2. The Balaban J connectivity index is 4.24. The molecule has 0 N–H and O–H groups in total. The lowest BCUT2D eigenvalue weighted by molar-refractivity contribution is -0.111. The SMILES string of the molecule is CCCCCCCC(=O)SC(C)CC(CCC)[Si](OCC)OCC. The van der Waals surface area contributed by atoms with Crippen molar-refractivity contribution in [2.45, 2.75) is 103 Å². The standard InChI is InChI=1S/C19H39O3SSi/c1-6-10-11-12-13-15-19(20)23-17(5)16-18(14-7-2)24(21-8-3)22-9-4/h17-18H,6-16H2,1-5H3. The summed E-state index contributed by atoms with van der Waals surface area (Å²) in [5.41, 5.74) is 0.472. The van der Waals surface area contributed by atoms with Crippen molar-refractivity contribution in [3.63, 3.8) is 0 Å². The highest BCUT2D eigenvalue weighted by molar-refractivity contribution is 8.14. The third-order valence-corrected chi connectivity index (χ3v) is 7.38. The van der Waals surface area contributed by atoms with E-state index in [9.17, 15) is 4.79 Å². The molecule has 0 rings (SSSR count). The van der Waals surface area contributed by atoms with Gasteiger partial charge in [0.25, 0.3) is 0 Å². The van der Waals surface area contributed by atoms with Crippen molar-refractivity contribution in [1.82, 2.24) is 0 Å². The lowest BCUT2D eigenvalue weighted by atomic mass is 10.1. The molecular weight excluding hydrogens is 336 g/mol. The molecule has 143 valence electrons. The van der Waals surface area contributed by atoms with Gasteiger partial charge >= 0.3 is 9.28 Å². The average molecular weight is 376 g/mol. The Labute approximate surface area is 156 Å². The number of carbonyl (C=O) groups excluding carboxylic acids is 1. The van der Waals surface area contributed by atoms with E-state index >= 15 is 0 Å². The summed E-state index contributed by atoms with van der Waals surface area (Å²) in [4.78, 5) is 12.2. The second-order valence-corrected chi connectivity index (χ2v) is 9.90. The summed E-state index contributed by atoms with van der Waals surface area (Å²) >= 11 is 1.54. The Morgan fingerprint density at radius 2 is 1.58 bits per heavy atom. The fourth-order valence-corrected chi connectivity index (χ4v) is 6.25. The number of hydrogen-bond donors (Lipinski definition) is 0. The molecule has 0 aliphatic rings. The van der Waals surface area contributed by atoms with E-state index in [0.717, 1.165) is 32.1 Å². The van der Waals surface area contributed by atoms with Crippen LogP contribution in [0.25, 0.3) is 0 Å². The zero-order valence-electron chi connectivity index (χ0n) is 16.6. The number of unbranched alkanes of at least 4 members (excludes halogenated alkanes) is 4. The molecule has 0 aromatic heterocycles. The Kier molecular flexibility index (Phi) is 16.7. The fraction of sp³-hybridized carbons (Fsp3) is 0.947. The molecule has 2 unspecified atom stereocenters. The van der Waals surface area contributed by atoms with Crippen molar-refractivity contribution in [2.24, 2.45) is 0 Å². The summed E-state index contributed by atoms with van der Waals surface area (Å²) in [6, 6.07) is 0. The predicted octanol–water partition coefficient (Wildman–Crippen LogP) is 6.12. The zero-order chi connectivity index (χ0) is 18.2. The van der Waals surface area contributed by atoms with E-state index in [4.69, 9.17) is 8.85 Å². The largest absolute Gasteiger partial charge is 0.393 e. The smallest absolute Gasteiger partial charge is 0.388 e. The van der Waals surface area contributed by atoms with E-state index < -0.39 is 9.28 Å². The molecule has 0 saturated carbocycles. The van der Waals surface area contributed by atoms with Crippen LogP contribution >= 0.6 is 11.8 Å². The summed E-state index contributed by atoms with van der Waals surface area (Å²) in [6.07, 6.45) is 10.1. The quantitative estimate of drug-likeness (QED) is 0.240. The van der Waals surface area contributed by atoms with Crippen LogP contribution in [0.15, 0.2) is 0 Å². The molecule has 0 aliphatic heterocycles. The molecule has 2 atom stereocenters. The molecule has 0 spiro atoms. The van der Waals surface area contributed by atoms with Crippen LogP contribution in [0.5, 0.6) is 0 Å². The van der Waals surface area contributed by atoms with Crippen LogP contribution < -0.4 is 0 Å². The monoisotopic (exact) mass is 375 g/mol. The van der Waals surface area contributed by atoms with Crippen molar-refractivity contribution >= 4 is 26.2 Å². The molecule has 0 aliphatic carbocycles. The molecule has 0 amide bonds. The maximum Gasteiger partial charge on any atom is 0.388 e. The zero-order valence-corrected chi connectivity index (χ0v) is 18.4. The third kappa shape index (κ3) is 12.5. The molecule has 3 nitrogen and oxygen atoms in total. The number of thioether (sulfide) groups is 1. The molecule has 0 heterocycles. The van der Waals surface area contributed by atoms with Crippen LogP contribution in [0.1, 0.15) is 92.4 Å². The predicted molar refractivity (Wildman–Crippen MR) is 108 cm³/mol. The molecule has 0 bridgehead atoms. The lowest BCUT2D eigenvalue weighted by Gasteiger charge is -2.25. The highest BCUT2D eigenvalue weighted by Gasteiger charge is 2.29. The molecule has 0 aromatic rings. The topological polar surface area (TPSA) is 35.5 Å². The minimum absolute atomic E-state index is 0.352. The van der Waals surface area contributed by atoms with Crippen LogP contribution in [0, 0.1) is 0 Å². The lowest BCUT2D eigenvalue weighted by Crippen LogP contribution is -2.31. The van der Waals surface area contributed by atoms with Gasteiger partial charge in [0.2, 0.25) is 0 Å². The van der Waals surface area contributed by atoms with E-state index in [2.05, 4.69) is 20.8 Å². The van der Waals surface area contributed by atoms with Crippen molar-refractivity contribution in [3.05, 3.63) is 0 Å². The van der Waals surface area contributed by atoms with E-state index in [1.807, 2.05) is 13.8 Å². The summed E-state index contributed by atoms with van der Waals surface area (Å²) in [5.74, 6) is 0. The maximum atomic E-state index is 12.2.